The number of carbonyl (C=O) groups is 2. The monoisotopic (exact) mass is 526 g/mol. The molecule has 0 fully saturated rings. The van der Waals surface area contributed by atoms with Crippen molar-refractivity contribution >= 4 is 38.9 Å². The van der Waals surface area contributed by atoms with Crippen LogP contribution in [-0.4, -0.2) is 52.7 Å². The van der Waals surface area contributed by atoms with Gasteiger partial charge in [-0.25, -0.2) is 12.8 Å². The Morgan fingerprint density at radius 2 is 1.76 bits per heavy atom. The van der Waals surface area contributed by atoms with Crippen LogP contribution in [0.15, 0.2) is 65.1 Å². The van der Waals surface area contributed by atoms with Crippen molar-refractivity contribution in [2.45, 2.75) is 6.92 Å². The molecule has 4 aromatic rings. The van der Waals surface area contributed by atoms with E-state index < -0.39 is 21.7 Å². The van der Waals surface area contributed by atoms with Crippen LogP contribution in [0, 0.1) is 5.82 Å². The summed E-state index contributed by atoms with van der Waals surface area (Å²) < 4.78 is 46.1. The fourth-order valence-electron chi connectivity index (χ4n) is 4.09. The van der Waals surface area contributed by atoms with E-state index in [0.717, 1.165) is 13.4 Å². The maximum Gasteiger partial charge on any atom is 0.255 e. The van der Waals surface area contributed by atoms with Gasteiger partial charge in [-0.2, -0.15) is 0 Å². The summed E-state index contributed by atoms with van der Waals surface area (Å²) in [4.78, 5) is 24.3. The van der Waals surface area contributed by atoms with Crippen molar-refractivity contribution in [2.24, 2.45) is 0 Å². The maximum atomic E-state index is 13.5. The van der Waals surface area contributed by atoms with E-state index >= 15 is 0 Å². The second-order valence-corrected chi connectivity index (χ2v) is 9.84. The highest BCUT2D eigenvalue weighted by Crippen LogP contribution is 2.41. The molecule has 0 spiro atoms. The molecular weight excluding hydrogens is 499 g/mol. The third-order valence-corrected chi connectivity index (χ3v) is 6.91. The summed E-state index contributed by atoms with van der Waals surface area (Å²) >= 11 is 0. The van der Waals surface area contributed by atoms with Crippen molar-refractivity contribution < 1.29 is 31.9 Å². The van der Waals surface area contributed by atoms with Gasteiger partial charge in [-0.3, -0.25) is 13.9 Å². The average molecular weight is 527 g/mol. The first-order valence-corrected chi connectivity index (χ1v) is 13.1. The van der Waals surface area contributed by atoms with E-state index in [2.05, 4.69) is 5.32 Å². The Morgan fingerprint density at radius 3 is 2.32 bits per heavy atom. The summed E-state index contributed by atoms with van der Waals surface area (Å²) in [5.74, 6) is -0.622. The number of hydrogen-bond acceptors (Lipinski definition) is 6. The fraction of sp³-hybridized carbons (Fsp3) is 0.185. The van der Waals surface area contributed by atoms with Gasteiger partial charge in [0, 0.05) is 48.8 Å². The standard InChI is InChI=1S/C26H23FN2O5S.CH4O/c1-4-29(35(3,32)33)22-14-23-21(13-20(22)18-7-5-6-16(12-18)15-30)24(26(31)28-2)25(34-23)17-8-10-19(27)11-9-17;1-2/h5-15H,4H2,1-3H3,(H,28,31);2H,1H3. The number of rotatable bonds is 7. The van der Waals surface area contributed by atoms with Crippen LogP contribution in [0.1, 0.15) is 27.6 Å². The van der Waals surface area contributed by atoms with Crippen LogP contribution in [0.3, 0.4) is 0 Å². The third kappa shape index (κ3) is 5.55. The normalized spacial score (nSPS) is 11.0. The molecule has 0 aliphatic carbocycles. The van der Waals surface area contributed by atoms with E-state index in [0.29, 0.717) is 39.6 Å². The quantitative estimate of drug-likeness (QED) is 0.343. The summed E-state index contributed by atoms with van der Waals surface area (Å²) in [5.41, 5.74) is 2.87. The summed E-state index contributed by atoms with van der Waals surface area (Å²) in [6.45, 7) is 1.86. The van der Waals surface area contributed by atoms with Crippen LogP contribution >= 0.6 is 0 Å². The van der Waals surface area contributed by atoms with Crippen molar-refractivity contribution in [2.75, 3.05) is 31.3 Å². The van der Waals surface area contributed by atoms with Crippen LogP contribution in [0.2, 0.25) is 0 Å². The van der Waals surface area contributed by atoms with Gasteiger partial charge in [0.1, 0.15) is 23.4 Å². The minimum absolute atomic E-state index is 0.151. The first-order valence-electron chi connectivity index (χ1n) is 11.2. The number of halogens is 1. The number of amides is 1. The lowest BCUT2D eigenvalue weighted by Crippen LogP contribution is -2.29. The highest BCUT2D eigenvalue weighted by molar-refractivity contribution is 7.92. The Morgan fingerprint density at radius 1 is 1.08 bits per heavy atom. The van der Waals surface area contributed by atoms with Crippen LogP contribution < -0.4 is 9.62 Å². The van der Waals surface area contributed by atoms with Gasteiger partial charge in [0.2, 0.25) is 10.0 Å². The van der Waals surface area contributed by atoms with Crippen molar-refractivity contribution in [3.05, 3.63) is 77.6 Å². The number of aliphatic hydroxyl groups is 1. The molecule has 1 heterocycles. The Hall–Kier alpha value is -4.02. The molecule has 4 rings (SSSR count). The molecule has 0 bridgehead atoms. The predicted octanol–water partition coefficient (Wildman–Crippen LogP) is 4.47. The van der Waals surface area contributed by atoms with Crippen LogP contribution in [0.5, 0.6) is 0 Å². The number of benzene rings is 3. The summed E-state index contributed by atoms with van der Waals surface area (Å²) in [6, 6.07) is 15.5. The third-order valence-electron chi connectivity index (χ3n) is 5.66. The van der Waals surface area contributed by atoms with E-state index in [1.165, 1.54) is 35.6 Å². The summed E-state index contributed by atoms with van der Waals surface area (Å²) in [7, 11) is -1.18. The van der Waals surface area contributed by atoms with Crippen molar-refractivity contribution in [1.82, 2.24) is 5.32 Å². The predicted molar refractivity (Wildman–Crippen MR) is 142 cm³/mol. The summed E-state index contributed by atoms with van der Waals surface area (Å²) in [6.07, 6.45) is 1.81. The van der Waals surface area contributed by atoms with Gasteiger partial charge in [0.25, 0.3) is 5.91 Å². The SMILES string of the molecule is CCN(c1cc2oc(-c3ccc(F)cc3)c(C(=O)NC)c2cc1-c1cccc(C=O)c1)S(C)(=O)=O.CO. The number of fused-ring (bicyclic) bond motifs is 1. The molecule has 0 saturated carbocycles. The zero-order valence-corrected chi connectivity index (χ0v) is 21.6. The Bertz CT molecular complexity index is 1550. The topological polar surface area (TPSA) is 117 Å². The number of nitrogens with one attached hydrogen (secondary N) is 1. The average Bonchev–Trinajstić information content (AvgIpc) is 3.27. The highest BCUT2D eigenvalue weighted by atomic mass is 32.2. The number of hydrogen-bond donors (Lipinski definition) is 2. The van der Waals surface area contributed by atoms with Gasteiger partial charge in [0.15, 0.2) is 0 Å². The number of nitrogens with zero attached hydrogens (tertiary/aromatic N) is 1. The van der Waals surface area contributed by atoms with E-state index in [-0.39, 0.29) is 23.5 Å². The van der Waals surface area contributed by atoms with Gasteiger partial charge in [-0.15, -0.1) is 0 Å². The molecule has 0 atom stereocenters. The minimum atomic E-state index is -3.66. The smallest absolute Gasteiger partial charge is 0.255 e. The van der Waals surface area contributed by atoms with E-state index in [1.54, 1.807) is 43.3 Å². The molecule has 1 aromatic heterocycles. The molecule has 1 amide bonds. The first kappa shape index (κ1) is 27.6. The van der Waals surface area contributed by atoms with E-state index in [1.807, 2.05) is 0 Å². The summed E-state index contributed by atoms with van der Waals surface area (Å²) in [5, 5.41) is 10.1. The first-order chi connectivity index (χ1) is 17.7. The van der Waals surface area contributed by atoms with Gasteiger partial charge in [0.05, 0.1) is 17.5 Å². The Kier molecular flexibility index (Phi) is 8.46. The number of carbonyl (C=O) groups excluding carboxylic acids is 2. The van der Waals surface area contributed by atoms with Gasteiger partial charge < -0.3 is 14.8 Å². The van der Waals surface area contributed by atoms with E-state index in [9.17, 15) is 22.4 Å². The van der Waals surface area contributed by atoms with Crippen molar-refractivity contribution in [1.29, 1.82) is 0 Å². The van der Waals surface area contributed by atoms with Crippen LogP contribution in [0.25, 0.3) is 33.4 Å². The molecule has 0 unspecified atom stereocenters. The number of anilines is 1. The second kappa shape index (κ2) is 11.4. The zero-order chi connectivity index (χ0) is 27.3. The highest BCUT2D eigenvalue weighted by Gasteiger charge is 2.26. The lowest BCUT2D eigenvalue weighted by atomic mass is 9.97. The van der Waals surface area contributed by atoms with Gasteiger partial charge in [-0.1, -0.05) is 18.2 Å². The van der Waals surface area contributed by atoms with Gasteiger partial charge >= 0.3 is 0 Å². The van der Waals surface area contributed by atoms with Crippen LogP contribution in [0.4, 0.5) is 10.1 Å². The molecular formula is C27H27FN2O6S. The molecule has 8 nitrogen and oxygen atoms in total. The second-order valence-electron chi connectivity index (χ2n) is 7.93. The van der Waals surface area contributed by atoms with E-state index in [4.69, 9.17) is 9.52 Å². The van der Waals surface area contributed by atoms with Crippen molar-refractivity contribution in [3.8, 4) is 22.5 Å². The molecule has 0 aliphatic rings. The molecule has 0 radical (unpaired) electrons. The molecule has 10 heteroatoms. The largest absolute Gasteiger partial charge is 0.455 e. The molecule has 3 aromatic carbocycles. The number of aldehydes is 1. The number of aliphatic hydroxyl groups excluding tert-OH is 1. The van der Waals surface area contributed by atoms with Crippen LogP contribution in [-0.2, 0) is 10.0 Å². The molecule has 0 saturated heterocycles. The number of sulfonamides is 1. The number of furan rings is 1. The zero-order valence-electron chi connectivity index (χ0n) is 20.8. The van der Waals surface area contributed by atoms with Crippen molar-refractivity contribution in [3.63, 3.8) is 0 Å². The molecule has 194 valence electrons. The molecule has 37 heavy (non-hydrogen) atoms. The Labute approximate surface area is 214 Å². The lowest BCUT2D eigenvalue weighted by molar-refractivity contribution is 0.0964. The Balaban J connectivity index is 0.00000186. The van der Waals surface area contributed by atoms with Gasteiger partial charge in [-0.05, 0) is 48.9 Å². The fourth-order valence-corrected chi connectivity index (χ4v) is 5.07. The molecule has 2 N–H and O–H groups in total. The maximum absolute atomic E-state index is 13.5. The molecule has 0 aliphatic heterocycles. The lowest BCUT2D eigenvalue weighted by Gasteiger charge is -2.23. The minimum Gasteiger partial charge on any atom is -0.455 e.